The lowest BCUT2D eigenvalue weighted by Crippen LogP contribution is -2.20. The van der Waals surface area contributed by atoms with Gasteiger partial charge in [-0.15, -0.1) is 0 Å². The predicted octanol–water partition coefficient (Wildman–Crippen LogP) is 2.26. The van der Waals surface area contributed by atoms with Crippen LogP contribution < -0.4 is 0 Å². The van der Waals surface area contributed by atoms with Gasteiger partial charge in [-0.1, -0.05) is 0 Å². The lowest BCUT2D eigenvalue weighted by atomic mass is 10.2. The quantitative estimate of drug-likeness (QED) is 0.891. The van der Waals surface area contributed by atoms with E-state index in [0.29, 0.717) is 13.2 Å². The molecule has 1 N–H and O–H groups in total. The van der Waals surface area contributed by atoms with Crippen molar-refractivity contribution in [2.24, 2.45) is 0 Å². The number of ether oxygens (including phenoxy) is 1. The van der Waals surface area contributed by atoms with E-state index in [4.69, 9.17) is 9.84 Å². The maximum Gasteiger partial charge on any atom is 0.418 e. The molecule has 1 aliphatic rings. The molecule has 96 valence electrons. The molecule has 0 amide bonds. The lowest BCUT2D eigenvalue weighted by molar-refractivity contribution is -0.206. The number of halogens is 3. The highest BCUT2D eigenvalue weighted by molar-refractivity contribution is 5.15. The van der Waals surface area contributed by atoms with Gasteiger partial charge in [0.1, 0.15) is 0 Å². The van der Waals surface area contributed by atoms with Crippen molar-refractivity contribution in [1.29, 1.82) is 0 Å². The maximum atomic E-state index is 12.3. The smallest absolute Gasteiger partial charge is 0.379 e. The number of hydrogen-bond acceptors (Lipinski definition) is 2. The summed E-state index contributed by atoms with van der Waals surface area (Å²) in [5.74, 6) is 0. The van der Waals surface area contributed by atoms with E-state index >= 15 is 0 Å². The fourth-order valence-corrected chi connectivity index (χ4v) is 1.95. The Bertz CT molecular complexity index is 369. The molecule has 0 bridgehead atoms. The number of alkyl halides is 3. The summed E-state index contributed by atoms with van der Waals surface area (Å²) in [7, 11) is 0. The first-order valence-corrected chi connectivity index (χ1v) is 5.49. The Hall–Kier alpha value is -1.01. The molecule has 0 saturated carbocycles. The van der Waals surface area contributed by atoms with Crippen LogP contribution in [0.5, 0.6) is 0 Å². The molecule has 0 aromatic carbocycles. The fraction of sp³-hybridized carbons (Fsp3) is 0.636. The van der Waals surface area contributed by atoms with Gasteiger partial charge in [0.25, 0.3) is 0 Å². The Morgan fingerprint density at radius 1 is 1.53 bits per heavy atom. The van der Waals surface area contributed by atoms with Gasteiger partial charge in [0.2, 0.25) is 0 Å². The monoisotopic (exact) mass is 249 g/mol. The first kappa shape index (κ1) is 12.4. The topological polar surface area (TPSA) is 34.4 Å². The van der Waals surface area contributed by atoms with Crippen molar-refractivity contribution in [2.45, 2.75) is 37.8 Å². The number of aliphatic hydroxyl groups excluding tert-OH is 1. The lowest BCUT2D eigenvalue weighted by Gasteiger charge is -2.13. The molecule has 17 heavy (non-hydrogen) atoms. The van der Waals surface area contributed by atoms with Gasteiger partial charge in [-0.3, -0.25) is 0 Å². The van der Waals surface area contributed by atoms with Gasteiger partial charge in [-0.2, -0.15) is 13.2 Å². The molecule has 2 rings (SSSR count). The number of aliphatic hydroxyl groups is 1. The minimum atomic E-state index is -4.62. The van der Waals surface area contributed by atoms with Crippen LogP contribution in [0, 0.1) is 0 Å². The highest BCUT2D eigenvalue weighted by Gasteiger charge is 2.39. The molecule has 6 heteroatoms. The third kappa shape index (κ3) is 3.01. The van der Waals surface area contributed by atoms with E-state index in [1.165, 1.54) is 18.5 Å². The van der Waals surface area contributed by atoms with Crippen molar-refractivity contribution in [3.8, 4) is 0 Å². The first-order valence-electron chi connectivity index (χ1n) is 5.49. The van der Waals surface area contributed by atoms with E-state index in [0.717, 1.165) is 12.8 Å². The van der Waals surface area contributed by atoms with E-state index in [1.54, 1.807) is 4.57 Å². The summed E-state index contributed by atoms with van der Waals surface area (Å²) in [4.78, 5) is 0. The number of hydrogen-bond donors (Lipinski definition) is 1. The molecule has 1 fully saturated rings. The molecule has 1 saturated heterocycles. The molecule has 0 radical (unpaired) electrons. The van der Waals surface area contributed by atoms with E-state index in [9.17, 15) is 13.2 Å². The van der Waals surface area contributed by atoms with Gasteiger partial charge < -0.3 is 14.4 Å². The van der Waals surface area contributed by atoms with Crippen molar-refractivity contribution in [3.63, 3.8) is 0 Å². The zero-order valence-corrected chi connectivity index (χ0v) is 9.15. The van der Waals surface area contributed by atoms with Crippen LogP contribution in [0.1, 0.15) is 24.5 Å². The molecule has 2 unspecified atom stereocenters. The second-order valence-corrected chi connectivity index (χ2v) is 4.22. The van der Waals surface area contributed by atoms with Crippen molar-refractivity contribution in [1.82, 2.24) is 4.57 Å². The van der Waals surface area contributed by atoms with Crippen LogP contribution in [0.3, 0.4) is 0 Å². The summed E-state index contributed by atoms with van der Waals surface area (Å²) >= 11 is 0. The second-order valence-electron chi connectivity index (χ2n) is 4.22. The largest absolute Gasteiger partial charge is 0.418 e. The Morgan fingerprint density at radius 2 is 2.29 bits per heavy atom. The SMILES string of the molecule is OC(c1ccn(CC2CCCO2)c1)C(F)(F)F. The van der Waals surface area contributed by atoms with Crippen LogP contribution in [0.2, 0.25) is 0 Å². The average Bonchev–Trinajstić information content (AvgIpc) is 2.87. The van der Waals surface area contributed by atoms with Crippen LogP contribution in [0.4, 0.5) is 13.2 Å². The van der Waals surface area contributed by atoms with E-state index < -0.39 is 12.3 Å². The summed E-state index contributed by atoms with van der Waals surface area (Å²) in [6.07, 6.45) is -2.19. The zero-order valence-electron chi connectivity index (χ0n) is 9.15. The third-order valence-corrected chi connectivity index (χ3v) is 2.84. The second kappa shape index (κ2) is 4.70. The van der Waals surface area contributed by atoms with Crippen LogP contribution in [0.25, 0.3) is 0 Å². The molecule has 0 aliphatic carbocycles. The van der Waals surface area contributed by atoms with E-state index in [2.05, 4.69) is 0 Å². The zero-order chi connectivity index (χ0) is 12.5. The van der Waals surface area contributed by atoms with Gasteiger partial charge in [0.15, 0.2) is 6.10 Å². The van der Waals surface area contributed by atoms with Crippen molar-refractivity contribution < 1.29 is 23.0 Å². The molecule has 0 spiro atoms. The third-order valence-electron chi connectivity index (χ3n) is 2.84. The Balaban J connectivity index is 2.00. The fourth-order valence-electron chi connectivity index (χ4n) is 1.95. The van der Waals surface area contributed by atoms with Crippen LogP contribution in [0.15, 0.2) is 18.5 Å². The Morgan fingerprint density at radius 3 is 2.88 bits per heavy atom. The number of aromatic nitrogens is 1. The molecule has 1 aromatic heterocycles. The Labute approximate surface area is 96.8 Å². The first-order chi connectivity index (χ1) is 7.97. The minimum absolute atomic E-state index is 0.0679. The summed E-state index contributed by atoms with van der Waals surface area (Å²) in [6, 6.07) is 1.28. The van der Waals surface area contributed by atoms with E-state index in [-0.39, 0.29) is 11.7 Å². The number of rotatable bonds is 3. The summed E-state index contributed by atoms with van der Waals surface area (Å²) in [5.41, 5.74) is -0.129. The molecular weight excluding hydrogens is 235 g/mol. The highest BCUT2D eigenvalue weighted by Crippen LogP contribution is 2.32. The van der Waals surface area contributed by atoms with Gasteiger partial charge in [-0.25, -0.2) is 0 Å². The molecule has 1 aromatic rings. The molecule has 2 atom stereocenters. The molecule has 2 heterocycles. The van der Waals surface area contributed by atoms with Gasteiger partial charge >= 0.3 is 6.18 Å². The van der Waals surface area contributed by atoms with Gasteiger partial charge in [0.05, 0.1) is 6.10 Å². The minimum Gasteiger partial charge on any atom is -0.379 e. The van der Waals surface area contributed by atoms with Crippen LogP contribution >= 0.6 is 0 Å². The van der Waals surface area contributed by atoms with Gasteiger partial charge in [0, 0.05) is 31.1 Å². The van der Waals surface area contributed by atoms with E-state index in [1.807, 2.05) is 0 Å². The maximum absolute atomic E-state index is 12.3. The van der Waals surface area contributed by atoms with Crippen molar-refractivity contribution >= 4 is 0 Å². The molecular formula is C11H14F3NO2. The normalized spacial score (nSPS) is 22.9. The van der Waals surface area contributed by atoms with Crippen molar-refractivity contribution in [2.75, 3.05) is 6.61 Å². The van der Waals surface area contributed by atoms with Crippen LogP contribution in [-0.4, -0.2) is 28.6 Å². The summed E-state index contributed by atoms with van der Waals surface area (Å²) in [5, 5.41) is 9.06. The number of nitrogens with zero attached hydrogens (tertiary/aromatic N) is 1. The van der Waals surface area contributed by atoms with Gasteiger partial charge in [-0.05, 0) is 18.9 Å². The standard InChI is InChI=1S/C11H14F3NO2/c12-11(13,14)10(16)8-3-4-15(6-8)7-9-2-1-5-17-9/h3-4,6,9-10,16H,1-2,5,7H2. The molecule has 1 aliphatic heterocycles. The van der Waals surface area contributed by atoms with Crippen molar-refractivity contribution in [3.05, 3.63) is 24.0 Å². The highest BCUT2D eigenvalue weighted by atomic mass is 19.4. The molecule has 3 nitrogen and oxygen atoms in total. The average molecular weight is 249 g/mol. The van der Waals surface area contributed by atoms with Crippen LogP contribution in [-0.2, 0) is 11.3 Å². The summed E-state index contributed by atoms with van der Waals surface area (Å²) in [6.45, 7) is 1.24. The summed E-state index contributed by atoms with van der Waals surface area (Å²) < 4.78 is 43.8. The predicted molar refractivity (Wildman–Crippen MR) is 54.4 cm³/mol. The Kier molecular flexibility index (Phi) is 3.44.